The van der Waals surface area contributed by atoms with E-state index in [2.05, 4.69) is 11.8 Å². The Hall–Kier alpha value is -0.840. The maximum atomic E-state index is 5.68. The summed E-state index contributed by atoms with van der Waals surface area (Å²) in [6, 6.07) is 2.05. The Kier molecular flexibility index (Phi) is 4.59. The van der Waals surface area contributed by atoms with Gasteiger partial charge >= 0.3 is 0 Å². The summed E-state index contributed by atoms with van der Waals surface area (Å²) in [4.78, 5) is 2.39. The second-order valence-corrected chi connectivity index (χ2v) is 4.58. The van der Waals surface area contributed by atoms with Gasteiger partial charge in [0, 0.05) is 25.3 Å². The molecule has 0 spiro atoms. The minimum Gasteiger partial charge on any atom is -0.468 e. The Bertz CT molecular complexity index is 336. The van der Waals surface area contributed by atoms with E-state index in [1.165, 1.54) is 12.8 Å². The highest BCUT2D eigenvalue weighted by molar-refractivity contribution is 5.12. The lowest BCUT2D eigenvalue weighted by atomic mass is 10.1. The van der Waals surface area contributed by atoms with E-state index in [1.807, 2.05) is 6.07 Å². The van der Waals surface area contributed by atoms with Crippen LogP contribution in [-0.4, -0.2) is 30.7 Å². The normalized spacial score (nSPS) is 21.9. The fraction of sp³-hybridized carbons (Fsp3) is 0.692. The van der Waals surface area contributed by atoms with Crippen molar-refractivity contribution >= 4 is 0 Å². The number of nitrogens with two attached hydrogens (primary N) is 1. The lowest BCUT2D eigenvalue weighted by molar-refractivity contribution is 0.00201. The smallest absolute Gasteiger partial charge is 0.118 e. The van der Waals surface area contributed by atoms with Crippen LogP contribution in [0.5, 0.6) is 0 Å². The molecular weight excluding hydrogens is 216 g/mol. The monoisotopic (exact) mass is 238 g/mol. The average Bonchev–Trinajstić information content (AvgIpc) is 2.78. The molecule has 0 saturated carbocycles. The van der Waals surface area contributed by atoms with Gasteiger partial charge in [0.25, 0.3) is 0 Å². The summed E-state index contributed by atoms with van der Waals surface area (Å²) in [5.41, 5.74) is 6.63. The number of rotatable bonds is 5. The first kappa shape index (κ1) is 12.6. The summed E-state index contributed by atoms with van der Waals surface area (Å²) in [6.07, 6.45) is 4.52. The van der Waals surface area contributed by atoms with Gasteiger partial charge in [0.05, 0.1) is 18.9 Å². The van der Waals surface area contributed by atoms with Gasteiger partial charge in [-0.05, 0) is 32.4 Å². The van der Waals surface area contributed by atoms with Crippen molar-refractivity contribution in [1.29, 1.82) is 0 Å². The van der Waals surface area contributed by atoms with Gasteiger partial charge in [-0.3, -0.25) is 4.90 Å². The van der Waals surface area contributed by atoms with Crippen molar-refractivity contribution in [3.63, 3.8) is 0 Å². The second-order valence-electron chi connectivity index (χ2n) is 4.58. The van der Waals surface area contributed by atoms with Crippen LogP contribution in [0.1, 0.15) is 31.1 Å². The van der Waals surface area contributed by atoms with Crippen LogP contribution in [0.2, 0.25) is 0 Å². The molecule has 0 aromatic carbocycles. The van der Waals surface area contributed by atoms with E-state index in [4.69, 9.17) is 14.9 Å². The molecule has 4 heteroatoms. The lowest BCUT2D eigenvalue weighted by Crippen LogP contribution is -2.39. The van der Waals surface area contributed by atoms with Crippen molar-refractivity contribution in [2.24, 2.45) is 5.73 Å². The molecule has 0 amide bonds. The Morgan fingerprint density at radius 1 is 1.59 bits per heavy atom. The molecule has 1 saturated heterocycles. The molecule has 0 bridgehead atoms. The van der Waals surface area contributed by atoms with Crippen molar-refractivity contribution < 1.29 is 9.15 Å². The molecule has 2 heterocycles. The molecule has 1 aliphatic rings. The second kappa shape index (κ2) is 6.19. The molecule has 2 N–H and O–H groups in total. The van der Waals surface area contributed by atoms with E-state index < -0.39 is 0 Å². The molecule has 1 fully saturated rings. The number of likely N-dealkylation sites (tertiary alicyclic amines) is 1. The third-order valence-electron chi connectivity index (χ3n) is 3.19. The predicted molar refractivity (Wildman–Crippen MR) is 66.5 cm³/mol. The fourth-order valence-electron chi connectivity index (χ4n) is 2.37. The van der Waals surface area contributed by atoms with Crippen molar-refractivity contribution in [3.05, 3.63) is 23.7 Å². The minimum atomic E-state index is 0.387. The van der Waals surface area contributed by atoms with Gasteiger partial charge in [-0.25, -0.2) is 0 Å². The van der Waals surface area contributed by atoms with Gasteiger partial charge in [-0.15, -0.1) is 0 Å². The summed E-state index contributed by atoms with van der Waals surface area (Å²) < 4.78 is 11.2. The predicted octanol–water partition coefficient (Wildman–Crippen LogP) is 1.74. The molecular formula is C13H22N2O2. The third kappa shape index (κ3) is 3.56. The zero-order valence-corrected chi connectivity index (χ0v) is 10.5. The molecule has 1 aromatic heterocycles. The summed E-state index contributed by atoms with van der Waals surface area (Å²) in [7, 11) is 0. The van der Waals surface area contributed by atoms with E-state index in [1.54, 1.807) is 6.26 Å². The molecule has 1 unspecified atom stereocenters. The Morgan fingerprint density at radius 3 is 3.18 bits per heavy atom. The van der Waals surface area contributed by atoms with Crippen LogP contribution in [0.4, 0.5) is 0 Å². The van der Waals surface area contributed by atoms with E-state index >= 15 is 0 Å². The van der Waals surface area contributed by atoms with Gasteiger partial charge in [0.2, 0.25) is 0 Å². The molecule has 17 heavy (non-hydrogen) atoms. The maximum Gasteiger partial charge on any atom is 0.118 e. The average molecular weight is 238 g/mol. The van der Waals surface area contributed by atoms with Crippen molar-refractivity contribution in [1.82, 2.24) is 4.90 Å². The molecule has 4 nitrogen and oxygen atoms in total. The highest BCUT2D eigenvalue weighted by atomic mass is 16.5. The number of furan rings is 1. The quantitative estimate of drug-likeness (QED) is 0.849. The third-order valence-corrected chi connectivity index (χ3v) is 3.19. The summed E-state index contributed by atoms with van der Waals surface area (Å²) in [6.45, 7) is 6.40. The van der Waals surface area contributed by atoms with Crippen LogP contribution < -0.4 is 5.73 Å². The highest BCUT2D eigenvalue weighted by Gasteiger charge is 2.20. The minimum absolute atomic E-state index is 0.387. The molecule has 2 rings (SSSR count). The Labute approximate surface area is 103 Å². The summed E-state index contributed by atoms with van der Waals surface area (Å²) in [5.74, 6) is 1.00. The van der Waals surface area contributed by atoms with Crippen LogP contribution in [0.15, 0.2) is 16.7 Å². The van der Waals surface area contributed by atoms with Crippen LogP contribution >= 0.6 is 0 Å². The maximum absolute atomic E-state index is 5.68. The number of ether oxygens (including phenoxy) is 1. The number of piperidine rings is 1. The van der Waals surface area contributed by atoms with Gasteiger partial charge in [-0.2, -0.15) is 0 Å². The lowest BCUT2D eigenvalue weighted by Gasteiger charge is -2.31. The highest BCUT2D eigenvalue weighted by Crippen LogP contribution is 2.17. The van der Waals surface area contributed by atoms with Crippen molar-refractivity contribution in [2.45, 2.75) is 39.0 Å². The van der Waals surface area contributed by atoms with Gasteiger partial charge in [0.1, 0.15) is 5.76 Å². The first-order chi connectivity index (χ1) is 8.31. The number of hydrogen-bond acceptors (Lipinski definition) is 4. The van der Waals surface area contributed by atoms with Crippen LogP contribution in [0.3, 0.4) is 0 Å². The van der Waals surface area contributed by atoms with Crippen molar-refractivity contribution in [3.8, 4) is 0 Å². The van der Waals surface area contributed by atoms with Gasteiger partial charge in [0.15, 0.2) is 0 Å². The zero-order valence-electron chi connectivity index (χ0n) is 10.5. The van der Waals surface area contributed by atoms with Crippen molar-refractivity contribution in [2.75, 3.05) is 19.7 Å². The van der Waals surface area contributed by atoms with Gasteiger partial charge in [-0.1, -0.05) is 0 Å². The molecule has 1 aliphatic heterocycles. The Morgan fingerprint density at radius 2 is 2.47 bits per heavy atom. The van der Waals surface area contributed by atoms with Gasteiger partial charge < -0.3 is 14.9 Å². The van der Waals surface area contributed by atoms with E-state index in [9.17, 15) is 0 Å². The molecule has 1 atom stereocenters. The summed E-state index contributed by atoms with van der Waals surface area (Å²) in [5, 5.41) is 0. The summed E-state index contributed by atoms with van der Waals surface area (Å²) >= 11 is 0. The molecule has 0 aliphatic carbocycles. The van der Waals surface area contributed by atoms with Crippen LogP contribution in [-0.2, 0) is 17.8 Å². The number of hydrogen-bond donors (Lipinski definition) is 1. The molecule has 96 valence electrons. The standard InChI is InChI=1S/C13H22N2O2/c1-2-16-12-4-3-5-15(8-12)9-13-6-11(7-14)10-17-13/h6,10,12H,2-5,7-9,14H2,1H3. The largest absolute Gasteiger partial charge is 0.468 e. The molecule has 0 radical (unpaired) electrons. The fourth-order valence-corrected chi connectivity index (χ4v) is 2.37. The zero-order chi connectivity index (χ0) is 12.1. The Balaban J connectivity index is 1.85. The first-order valence-corrected chi connectivity index (χ1v) is 6.42. The van der Waals surface area contributed by atoms with E-state index in [0.29, 0.717) is 12.6 Å². The van der Waals surface area contributed by atoms with Crippen LogP contribution in [0.25, 0.3) is 0 Å². The first-order valence-electron chi connectivity index (χ1n) is 6.42. The molecule has 1 aromatic rings. The van der Waals surface area contributed by atoms with E-state index in [-0.39, 0.29) is 0 Å². The topological polar surface area (TPSA) is 51.6 Å². The van der Waals surface area contributed by atoms with Crippen LogP contribution in [0, 0.1) is 0 Å². The van der Waals surface area contributed by atoms with E-state index in [0.717, 1.165) is 37.6 Å². The number of nitrogens with zero attached hydrogens (tertiary/aromatic N) is 1. The SMILES string of the molecule is CCOC1CCCN(Cc2cc(CN)co2)C1.